The van der Waals surface area contributed by atoms with Gasteiger partial charge in [0.15, 0.2) is 5.17 Å². The number of nitrogens with zero attached hydrogens (tertiary/aromatic N) is 1. The average molecular weight is 282 g/mol. The second kappa shape index (κ2) is 6.29. The van der Waals surface area contributed by atoms with Crippen molar-refractivity contribution in [2.75, 3.05) is 0 Å². The lowest BCUT2D eigenvalue weighted by molar-refractivity contribution is -0.119. The molecule has 1 amide bonds. The zero-order valence-corrected chi connectivity index (χ0v) is 13.3. The van der Waals surface area contributed by atoms with Crippen molar-refractivity contribution >= 4 is 22.8 Å². The number of aliphatic imine (C=N–C) groups is 1. The molecule has 1 aliphatic carbocycles. The molecule has 0 radical (unpaired) electrons. The van der Waals surface area contributed by atoms with Gasteiger partial charge in [0.25, 0.3) is 0 Å². The molecule has 2 unspecified atom stereocenters. The minimum Gasteiger partial charge on any atom is -0.304 e. The number of rotatable bonds is 3. The number of nitrogens with one attached hydrogen (secondary N) is 1. The first-order valence-corrected chi connectivity index (χ1v) is 8.42. The monoisotopic (exact) mass is 282 g/mol. The van der Waals surface area contributed by atoms with Crippen molar-refractivity contribution in [2.45, 2.75) is 64.7 Å². The van der Waals surface area contributed by atoms with Crippen molar-refractivity contribution in [3.63, 3.8) is 0 Å². The Kier molecular flexibility index (Phi) is 4.93. The van der Waals surface area contributed by atoms with Crippen LogP contribution >= 0.6 is 11.8 Å². The van der Waals surface area contributed by atoms with Crippen LogP contribution in [0.1, 0.15) is 53.4 Å². The quantitative estimate of drug-likeness (QED) is 0.861. The van der Waals surface area contributed by atoms with Gasteiger partial charge in [0.2, 0.25) is 5.91 Å². The van der Waals surface area contributed by atoms with E-state index in [9.17, 15) is 4.79 Å². The van der Waals surface area contributed by atoms with Crippen molar-refractivity contribution in [3.8, 4) is 0 Å². The Bertz CT molecular complexity index is 365. The summed E-state index contributed by atoms with van der Waals surface area (Å²) in [6, 6.07) is 0.405. The van der Waals surface area contributed by atoms with Crippen LogP contribution in [0, 0.1) is 17.8 Å². The first-order valence-electron chi connectivity index (χ1n) is 7.54. The highest BCUT2D eigenvalue weighted by Gasteiger charge is 2.34. The van der Waals surface area contributed by atoms with Crippen molar-refractivity contribution < 1.29 is 4.79 Å². The number of carbonyl (C=O) groups is 1. The number of hydrogen-bond acceptors (Lipinski definition) is 3. The molecule has 0 bridgehead atoms. The van der Waals surface area contributed by atoms with Crippen LogP contribution < -0.4 is 5.32 Å². The molecule has 2 fully saturated rings. The molecule has 1 saturated carbocycles. The predicted octanol–water partition coefficient (Wildman–Crippen LogP) is 3.44. The van der Waals surface area contributed by atoms with Crippen molar-refractivity contribution in [1.82, 2.24) is 5.32 Å². The van der Waals surface area contributed by atoms with Crippen molar-refractivity contribution in [1.29, 1.82) is 0 Å². The van der Waals surface area contributed by atoms with Crippen LogP contribution in [0.5, 0.6) is 0 Å². The highest BCUT2D eigenvalue weighted by atomic mass is 32.2. The maximum Gasteiger partial charge on any atom is 0.239 e. The molecule has 0 aromatic heterocycles. The van der Waals surface area contributed by atoms with Crippen molar-refractivity contribution in [3.05, 3.63) is 0 Å². The molecule has 2 rings (SSSR count). The highest BCUT2D eigenvalue weighted by molar-refractivity contribution is 8.15. The summed E-state index contributed by atoms with van der Waals surface area (Å²) >= 11 is 1.62. The third kappa shape index (κ3) is 3.53. The lowest BCUT2D eigenvalue weighted by Crippen LogP contribution is -2.31. The zero-order valence-electron chi connectivity index (χ0n) is 12.5. The van der Waals surface area contributed by atoms with Gasteiger partial charge >= 0.3 is 0 Å². The maximum absolute atomic E-state index is 11.9. The van der Waals surface area contributed by atoms with Gasteiger partial charge in [0.1, 0.15) is 0 Å². The van der Waals surface area contributed by atoms with E-state index in [1.807, 2.05) is 0 Å². The second-order valence-corrected chi connectivity index (χ2v) is 7.60. The van der Waals surface area contributed by atoms with Gasteiger partial charge in [-0.05, 0) is 30.6 Å². The van der Waals surface area contributed by atoms with Gasteiger partial charge in [-0.1, -0.05) is 52.3 Å². The molecule has 3 atom stereocenters. The summed E-state index contributed by atoms with van der Waals surface area (Å²) in [5, 5.41) is 3.87. The average Bonchev–Trinajstić information content (AvgIpc) is 2.71. The van der Waals surface area contributed by atoms with E-state index in [1.54, 1.807) is 11.8 Å². The number of hydrogen-bond donors (Lipinski definition) is 1. The molecule has 0 aromatic rings. The molecule has 0 aromatic carbocycles. The Hall–Kier alpha value is -0.510. The lowest BCUT2D eigenvalue weighted by Gasteiger charge is -2.31. The molecule has 1 N–H and O–H groups in total. The van der Waals surface area contributed by atoms with E-state index in [-0.39, 0.29) is 11.2 Å². The molecular weight excluding hydrogens is 256 g/mol. The van der Waals surface area contributed by atoms with Gasteiger partial charge in [-0.15, -0.1) is 0 Å². The Morgan fingerprint density at radius 3 is 2.42 bits per heavy atom. The zero-order chi connectivity index (χ0) is 14.0. The fraction of sp³-hybridized carbons (Fsp3) is 0.867. The van der Waals surface area contributed by atoms with Crippen LogP contribution in [0.3, 0.4) is 0 Å². The Morgan fingerprint density at radius 1 is 1.16 bits per heavy atom. The molecule has 2 aliphatic rings. The first kappa shape index (κ1) is 14.9. The van der Waals surface area contributed by atoms with E-state index in [0.717, 1.165) is 5.17 Å². The predicted molar refractivity (Wildman–Crippen MR) is 82.4 cm³/mol. The van der Waals surface area contributed by atoms with E-state index in [0.29, 0.717) is 23.8 Å². The third-order valence-electron chi connectivity index (χ3n) is 4.25. The van der Waals surface area contributed by atoms with Gasteiger partial charge in [0.05, 0.1) is 11.3 Å². The fourth-order valence-electron chi connectivity index (χ4n) is 3.11. The van der Waals surface area contributed by atoms with Crippen LogP contribution in [0.15, 0.2) is 4.99 Å². The minimum absolute atomic E-state index is 0.0415. The van der Waals surface area contributed by atoms with E-state index >= 15 is 0 Å². The molecule has 19 heavy (non-hydrogen) atoms. The number of amidine groups is 1. The minimum atomic E-state index is 0.0415. The molecule has 4 heteroatoms. The van der Waals surface area contributed by atoms with Crippen molar-refractivity contribution in [2.24, 2.45) is 22.7 Å². The summed E-state index contributed by atoms with van der Waals surface area (Å²) in [5.74, 6) is 1.86. The van der Waals surface area contributed by atoms with E-state index in [1.165, 1.54) is 25.7 Å². The van der Waals surface area contributed by atoms with E-state index < -0.39 is 0 Å². The number of amides is 1. The summed E-state index contributed by atoms with van der Waals surface area (Å²) in [7, 11) is 0. The molecule has 1 heterocycles. The van der Waals surface area contributed by atoms with Gasteiger partial charge in [-0.25, -0.2) is 0 Å². The summed E-state index contributed by atoms with van der Waals surface area (Å²) in [5.41, 5.74) is 0. The smallest absolute Gasteiger partial charge is 0.239 e. The number of carbonyl (C=O) groups excluding carboxylic acids is 1. The SMILES string of the molecule is CC(C)C1SC(=NC2CCCC[C@@H]2C(C)C)NC1=O. The van der Waals surface area contributed by atoms with E-state index in [4.69, 9.17) is 4.99 Å². The molecular formula is C15H26N2OS. The van der Waals surface area contributed by atoms with Crippen LogP contribution in [0.4, 0.5) is 0 Å². The number of thioether (sulfide) groups is 1. The standard InChI is InChI=1S/C15H26N2OS/c1-9(2)11-7-5-6-8-12(11)16-15-17-14(18)13(19-15)10(3)4/h9-13H,5-8H2,1-4H3,(H,16,17,18)/t11-,12?,13?/m1/s1. The van der Waals surface area contributed by atoms with Crippen LogP contribution in [-0.4, -0.2) is 22.4 Å². The summed E-state index contributed by atoms with van der Waals surface area (Å²) < 4.78 is 0. The third-order valence-corrected chi connectivity index (χ3v) is 5.70. The topological polar surface area (TPSA) is 41.5 Å². The van der Waals surface area contributed by atoms with Gasteiger partial charge in [0, 0.05) is 0 Å². The van der Waals surface area contributed by atoms with Crippen LogP contribution in [-0.2, 0) is 4.79 Å². The highest BCUT2D eigenvalue weighted by Crippen LogP contribution is 2.34. The molecule has 3 nitrogen and oxygen atoms in total. The Balaban J connectivity index is 2.06. The molecule has 108 valence electrons. The van der Waals surface area contributed by atoms with Gasteiger partial charge < -0.3 is 5.32 Å². The lowest BCUT2D eigenvalue weighted by atomic mass is 9.78. The van der Waals surface area contributed by atoms with Crippen LogP contribution in [0.2, 0.25) is 0 Å². The second-order valence-electron chi connectivity index (χ2n) is 6.47. The maximum atomic E-state index is 11.9. The summed E-state index contributed by atoms with van der Waals surface area (Å²) in [4.78, 5) is 16.7. The van der Waals surface area contributed by atoms with Crippen LogP contribution in [0.25, 0.3) is 0 Å². The normalized spacial score (nSPS) is 34.3. The first-order chi connectivity index (χ1) is 8.99. The Morgan fingerprint density at radius 2 is 1.84 bits per heavy atom. The van der Waals surface area contributed by atoms with E-state index in [2.05, 4.69) is 33.0 Å². The van der Waals surface area contributed by atoms with Gasteiger partial charge in [-0.2, -0.15) is 0 Å². The molecule has 1 aliphatic heterocycles. The summed E-state index contributed by atoms with van der Waals surface area (Å²) in [6.07, 6.45) is 5.07. The van der Waals surface area contributed by atoms with Gasteiger partial charge in [-0.3, -0.25) is 9.79 Å². The molecule has 1 saturated heterocycles. The Labute approximate surface area is 121 Å². The largest absolute Gasteiger partial charge is 0.304 e. The fourth-order valence-corrected chi connectivity index (χ4v) is 4.14. The molecule has 0 spiro atoms. The summed E-state index contributed by atoms with van der Waals surface area (Å²) in [6.45, 7) is 8.77.